The Kier molecular flexibility index (Phi) is 6.36. The highest BCUT2D eigenvalue weighted by Crippen LogP contribution is 2.27. The molecular formula is C19H27N3O5. The van der Waals surface area contributed by atoms with Gasteiger partial charge in [-0.15, -0.1) is 0 Å². The van der Waals surface area contributed by atoms with Crippen LogP contribution < -0.4 is 5.32 Å². The average molecular weight is 377 g/mol. The van der Waals surface area contributed by atoms with Gasteiger partial charge in [0.15, 0.2) is 5.76 Å². The Bertz CT molecular complexity index is 646. The van der Waals surface area contributed by atoms with Gasteiger partial charge in [0, 0.05) is 26.2 Å². The van der Waals surface area contributed by atoms with Crippen LogP contribution in [0.1, 0.15) is 49.1 Å². The summed E-state index contributed by atoms with van der Waals surface area (Å²) in [6, 6.07) is 2.05. The number of rotatable bonds is 5. The van der Waals surface area contributed by atoms with Crippen molar-refractivity contribution in [2.24, 2.45) is 5.92 Å². The molecule has 1 aliphatic carbocycles. The Morgan fingerprint density at radius 3 is 2.37 bits per heavy atom. The standard InChI is InChI=1S/C19H27N3O5/c23-17(16-7-4-12-27-16)21-8-10-22(11-9-21)19(26)20-15(18(24)25)13-14-5-2-1-3-6-14/h4,7,12,14-15H,1-3,5-6,8-11,13H2,(H,20,26)(H,24,25)/t15-/m0/s1. The van der Waals surface area contributed by atoms with Gasteiger partial charge in [0.2, 0.25) is 0 Å². The Hall–Kier alpha value is -2.51. The number of carbonyl (C=O) groups excluding carboxylic acids is 2. The highest BCUT2D eigenvalue weighted by molar-refractivity contribution is 5.91. The van der Waals surface area contributed by atoms with Crippen molar-refractivity contribution in [3.8, 4) is 0 Å². The predicted molar refractivity (Wildman–Crippen MR) is 97.3 cm³/mol. The molecule has 0 bridgehead atoms. The fourth-order valence-electron chi connectivity index (χ4n) is 3.89. The second-order valence-corrected chi connectivity index (χ2v) is 7.34. The van der Waals surface area contributed by atoms with Crippen LogP contribution in [0.5, 0.6) is 0 Å². The first-order valence-corrected chi connectivity index (χ1v) is 9.65. The van der Waals surface area contributed by atoms with Gasteiger partial charge in [-0.2, -0.15) is 0 Å². The molecule has 8 nitrogen and oxygen atoms in total. The van der Waals surface area contributed by atoms with E-state index >= 15 is 0 Å². The molecule has 1 atom stereocenters. The minimum absolute atomic E-state index is 0.194. The van der Waals surface area contributed by atoms with Gasteiger partial charge in [0.25, 0.3) is 5.91 Å². The van der Waals surface area contributed by atoms with E-state index in [2.05, 4.69) is 5.32 Å². The van der Waals surface area contributed by atoms with E-state index in [9.17, 15) is 19.5 Å². The summed E-state index contributed by atoms with van der Waals surface area (Å²) in [7, 11) is 0. The Morgan fingerprint density at radius 1 is 1.11 bits per heavy atom. The molecule has 2 aliphatic rings. The van der Waals surface area contributed by atoms with Crippen LogP contribution in [0.15, 0.2) is 22.8 Å². The van der Waals surface area contributed by atoms with Crippen LogP contribution in [0.4, 0.5) is 4.79 Å². The van der Waals surface area contributed by atoms with Crippen molar-refractivity contribution in [1.29, 1.82) is 0 Å². The molecule has 1 aromatic rings. The number of hydrogen-bond acceptors (Lipinski definition) is 4. The first-order chi connectivity index (χ1) is 13.0. The van der Waals surface area contributed by atoms with Crippen molar-refractivity contribution in [2.45, 2.75) is 44.6 Å². The van der Waals surface area contributed by atoms with Crippen LogP contribution in [-0.2, 0) is 4.79 Å². The van der Waals surface area contributed by atoms with Crippen LogP contribution in [0, 0.1) is 5.92 Å². The molecule has 1 saturated heterocycles. The molecule has 0 radical (unpaired) electrons. The molecule has 2 N–H and O–H groups in total. The molecule has 2 heterocycles. The number of amides is 3. The van der Waals surface area contributed by atoms with Gasteiger partial charge in [-0.05, 0) is 24.5 Å². The Labute approximate surface area is 158 Å². The number of urea groups is 1. The number of furan rings is 1. The van der Waals surface area contributed by atoms with E-state index in [1.807, 2.05) is 0 Å². The van der Waals surface area contributed by atoms with Crippen molar-refractivity contribution in [3.63, 3.8) is 0 Å². The highest BCUT2D eigenvalue weighted by atomic mass is 16.4. The summed E-state index contributed by atoms with van der Waals surface area (Å²) in [6.45, 7) is 1.53. The summed E-state index contributed by atoms with van der Waals surface area (Å²) in [5.74, 6) is -0.532. The smallest absolute Gasteiger partial charge is 0.326 e. The number of aliphatic carboxylic acids is 1. The Morgan fingerprint density at radius 2 is 1.78 bits per heavy atom. The molecule has 1 aliphatic heterocycles. The normalized spacial score (nSPS) is 19.6. The number of piperazine rings is 1. The monoisotopic (exact) mass is 377 g/mol. The summed E-state index contributed by atoms with van der Waals surface area (Å²) < 4.78 is 5.12. The van der Waals surface area contributed by atoms with Crippen LogP contribution in [0.2, 0.25) is 0 Å². The number of carboxylic acid groups (broad SMARTS) is 1. The van der Waals surface area contributed by atoms with Gasteiger partial charge in [-0.3, -0.25) is 4.79 Å². The molecule has 27 heavy (non-hydrogen) atoms. The zero-order valence-electron chi connectivity index (χ0n) is 15.4. The lowest BCUT2D eigenvalue weighted by molar-refractivity contribution is -0.139. The van der Waals surface area contributed by atoms with E-state index in [-0.39, 0.29) is 17.7 Å². The molecule has 1 aromatic heterocycles. The first-order valence-electron chi connectivity index (χ1n) is 9.65. The van der Waals surface area contributed by atoms with E-state index in [1.165, 1.54) is 12.7 Å². The third kappa shape index (κ3) is 5.02. The van der Waals surface area contributed by atoms with Crippen molar-refractivity contribution in [3.05, 3.63) is 24.2 Å². The fraction of sp³-hybridized carbons (Fsp3) is 0.632. The highest BCUT2D eigenvalue weighted by Gasteiger charge is 2.30. The molecular weight excluding hydrogens is 350 g/mol. The van der Waals surface area contributed by atoms with Gasteiger partial charge in [-0.25, -0.2) is 9.59 Å². The van der Waals surface area contributed by atoms with E-state index in [0.717, 1.165) is 25.7 Å². The minimum Gasteiger partial charge on any atom is -0.480 e. The Balaban J connectivity index is 1.48. The van der Waals surface area contributed by atoms with Gasteiger partial charge >= 0.3 is 12.0 Å². The molecule has 3 rings (SSSR count). The van der Waals surface area contributed by atoms with Crippen LogP contribution >= 0.6 is 0 Å². The topological polar surface area (TPSA) is 103 Å². The van der Waals surface area contributed by atoms with Gasteiger partial charge < -0.3 is 24.6 Å². The number of nitrogens with zero attached hydrogens (tertiary/aromatic N) is 2. The maximum absolute atomic E-state index is 12.5. The molecule has 2 fully saturated rings. The van der Waals surface area contributed by atoms with Crippen molar-refractivity contribution in [1.82, 2.24) is 15.1 Å². The number of hydrogen-bond donors (Lipinski definition) is 2. The molecule has 0 aromatic carbocycles. The molecule has 8 heteroatoms. The van der Waals surface area contributed by atoms with Gasteiger partial charge in [0.05, 0.1) is 6.26 Å². The predicted octanol–water partition coefficient (Wildman–Crippen LogP) is 2.17. The van der Waals surface area contributed by atoms with Crippen molar-refractivity contribution >= 4 is 17.9 Å². The van der Waals surface area contributed by atoms with E-state index in [4.69, 9.17) is 4.42 Å². The van der Waals surface area contributed by atoms with Crippen molar-refractivity contribution in [2.75, 3.05) is 26.2 Å². The van der Waals surface area contributed by atoms with Crippen LogP contribution in [0.3, 0.4) is 0 Å². The first kappa shape index (κ1) is 19.3. The van der Waals surface area contributed by atoms with Crippen LogP contribution in [0.25, 0.3) is 0 Å². The quantitative estimate of drug-likeness (QED) is 0.819. The molecule has 1 saturated carbocycles. The third-order valence-corrected chi connectivity index (χ3v) is 5.48. The van der Waals surface area contributed by atoms with Gasteiger partial charge in [0.1, 0.15) is 6.04 Å². The lowest BCUT2D eigenvalue weighted by atomic mass is 9.85. The summed E-state index contributed by atoms with van der Waals surface area (Å²) in [5.41, 5.74) is 0. The maximum Gasteiger partial charge on any atom is 0.326 e. The molecule has 3 amide bonds. The average Bonchev–Trinajstić information content (AvgIpc) is 3.22. The summed E-state index contributed by atoms with van der Waals surface area (Å²) in [4.78, 5) is 39.5. The summed E-state index contributed by atoms with van der Waals surface area (Å²) in [6.07, 6.45) is 7.49. The maximum atomic E-state index is 12.5. The number of nitrogens with one attached hydrogen (secondary N) is 1. The summed E-state index contributed by atoms with van der Waals surface area (Å²) in [5, 5.41) is 12.1. The second-order valence-electron chi connectivity index (χ2n) is 7.34. The van der Waals surface area contributed by atoms with E-state index in [0.29, 0.717) is 38.5 Å². The minimum atomic E-state index is -0.986. The number of carbonyl (C=O) groups is 3. The third-order valence-electron chi connectivity index (χ3n) is 5.48. The number of carboxylic acids is 1. The SMILES string of the molecule is O=C(O)[C@H](CC1CCCCC1)NC(=O)N1CCN(C(=O)c2ccco2)CC1. The molecule has 148 valence electrons. The van der Waals surface area contributed by atoms with Gasteiger partial charge in [-0.1, -0.05) is 32.1 Å². The zero-order chi connectivity index (χ0) is 19.2. The van der Waals surface area contributed by atoms with Crippen LogP contribution in [-0.4, -0.2) is 65.0 Å². The lowest BCUT2D eigenvalue weighted by Gasteiger charge is -2.35. The fourth-order valence-corrected chi connectivity index (χ4v) is 3.89. The zero-order valence-corrected chi connectivity index (χ0v) is 15.4. The van der Waals surface area contributed by atoms with Crippen molar-refractivity contribution < 1.29 is 23.9 Å². The lowest BCUT2D eigenvalue weighted by Crippen LogP contribution is -2.55. The molecule has 0 spiro atoms. The van der Waals surface area contributed by atoms with E-state index < -0.39 is 12.0 Å². The summed E-state index contributed by atoms with van der Waals surface area (Å²) >= 11 is 0. The molecule has 0 unspecified atom stereocenters. The van der Waals surface area contributed by atoms with E-state index in [1.54, 1.807) is 21.9 Å². The largest absolute Gasteiger partial charge is 0.480 e. The second kappa shape index (κ2) is 8.92.